The van der Waals surface area contributed by atoms with E-state index >= 15 is 0 Å². The van der Waals surface area contributed by atoms with E-state index in [9.17, 15) is 9.59 Å². The van der Waals surface area contributed by atoms with Crippen molar-refractivity contribution < 1.29 is 14.3 Å². The zero-order valence-electron chi connectivity index (χ0n) is 15.2. The molecule has 142 valence electrons. The number of ether oxygens (including phenoxy) is 1. The van der Waals surface area contributed by atoms with E-state index < -0.39 is 6.10 Å². The molecule has 0 saturated carbocycles. The molecule has 1 heterocycles. The highest BCUT2D eigenvalue weighted by Gasteiger charge is 2.30. The normalized spacial score (nSPS) is 18.9. The first-order valence-corrected chi connectivity index (χ1v) is 9.25. The maximum Gasteiger partial charge on any atom is 0.253 e. The molecular weight excluding hydrogens is 342 g/mol. The summed E-state index contributed by atoms with van der Waals surface area (Å²) in [6, 6.07) is 16.9. The third-order valence-electron chi connectivity index (χ3n) is 4.63. The molecule has 2 atom stereocenters. The van der Waals surface area contributed by atoms with Crippen LogP contribution < -0.4 is 16.4 Å². The van der Waals surface area contributed by atoms with Crippen molar-refractivity contribution in [1.29, 1.82) is 0 Å². The molecule has 0 aliphatic carbocycles. The summed E-state index contributed by atoms with van der Waals surface area (Å²) in [4.78, 5) is 25.0. The molecule has 1 aliphatic rings. The summed E-state index contributed by atoms with van der Waals surface area (Å²) >= 11 is 0. The second-order valence-corrected chi connectivity index (χ2v) is 6.59. The van der Waals surface area contributed by atoms with Crippen molar-refractivity contribution in [2.75, 3.05) is 18.4 Å². The Balaban J connectivity index is 1.58. The summed E-state index contributed by atoms with van der Waals surface area (Å²) in [5.41, 5.74) is 7.67. The van der Waals surface area contributed by atoms with Gasteiger partial charge in [-0.1, -0.05) is 42.5 Å². The van der Waals surface area contributed by atoms with Crippen LogP contribution in [-0.4, -0.2) is 37.1 Å². The molecule has 0 bridgehead atoms. The molecule has 3 rings (SSSR count). The van der Waals surface area contributed by atoms with Gasteiger partial charge in [0.05, 0.1) is 17.4 Å². The van der Waals surface area contributed by atoms with Gasteiger partial charge >= 0.3 is 0 Å². The van der Waals surface area contributed by atoms with Gasteiger partial charge in [0.15, 0.2) is 0 Å². The lowest BCUT2D eigenvalue weighted by atomic mass is 10.1. The van der Waals surface area contributed by atoms with E-state index in [0.29, 0.717) is 30.8 Å². The van der Waals surface area contributed by atoms with Gasteiger partial charge < -0.3 is 21.1 Å². The largest absolute Gasteiger partial charge is 0.364 e. The number of benzene rings is 2. The second-order valence-electron chi connectivity index (χ2n) is 6.59. The molecule has 0 radical (unpaired) electrons. The van der Waals surface area contributed by atoms with Crippen molar-refractivity contribution in [3.8, 4) is 0 Å². The monoisotopic (exact) mass is 367 g/mol. The van der Waals surface area contributed by atoms with Gasteiger partial charge in [0.1, 0.15) is 6.10 Å². The van der Waals surface area contributed by atoms with Gasteiger partial charge in [-0.05, 0) is 37.0 Å². The molecule has 0 aromatic heterocycles. The second kappa shape index (κ2) is 9.30. The summed E-state index contributed by atoms with van der Waals surface area (Å²) in [7, 11) is 0. The zero-order chi connectivity index (χ0) is 19.1. The summed E-state index contributed by atoms with van der Waals surface area (Å²) in [5.74, 6) is -0.454. The number of carbonyl (C=O) groups is 2. The van der Waals surface area contributed by atoms with Gasteiger partial charge in [0, 0.05) is 13.1 Å². The molecular formula is C21H25N3O3. The Hall–Kier alpha value is -2.70. The van der Waals surface area contributed by atoms with Crippen LogP contribution in [0, 0.1) is 0 Å². The maximum atomic E-state index is 12.5. The van der Waals surface area contributed by atoms with Crippen LogP contribution in [0.4, 0.5) is 5.69 Å². The fourth-order valence-electron chi connectivity index (χ4n) is 3.14. The highest BCUT2D eigenvalue weighted by atomic mass is 16.5. The van der Waals surface area contributed by atoms with Crippen molar-refractivity contribution in [3.05, 3.63) is 65.7 Å². The lowest BCUT2D eigenvalue weighted by Gasteiger charge is -2.15. The van der Waals surface area contributed by atoms with Crippen molar-refractivity contribution >= 4 is 17.5 Å². The number of nitrogens with one attached hydrogen (secondary N) is 2. The average molecular weight is 367 g/mol. The van der Waals surface area contributed by atoms with Crippen LogP contribution in [0.2, 0.25) is 0 Å². The minimum absolute atomic E-state index is 0.0720. The van der Waals surface area contributed by atoms with Gasteiger partial charge in [-0.3, -0.25) is 9.59 Å². The molecule has 2 aromatic rings. The molecule has 2 aromatic carbocycles. The van der Waals surface area contributed by atoms with E-state index in [1.165, 1.54) is 0 Å². The third kappa shape index (κ3) is 5.15. The quantitative estimate of drug-likeness (QED) is 0.699. The number of hydrogen-bond acceptors (Lipinski definition) is 4. The average Bonchev–Trinajstić information content (AvgIpc) is 3.18. The number of nitrogens with two attached hydrogens (primary N) is 1. The number of rotatable bonds is 7. The Morgan fingerprint density at radius 1 is 1.04 bits per heavy atom. The first kappa shape index (κ1) is 19.1. The van der Waals surface area contributed by atoms with E-state index in [2.05, 4.69) is 10.6 Å². The Bertz CT molecular complexity index is 779. The minimum atomic E-state index is -0.521. The van der Waals surface area contributed by atoms with E-state index in [4.69, 9.17) is 10.5 Å². The Labute approximate surface area is 159 Å². The van der Waals surface area contributed by atoms with E-state index in [-0.39, 0.29) is 17.9 Å². The van der Waals surface area contributed by atoms with Crippen molar-refractivity contribution in [2.45, 2.75) is 31.5 Å². The van der Waals surface area contributed by atoms with Gasteiger partial charge in [-0.2, -0.15) is 0 Å². The lowest BCUT2D eigenvalue weighted by molar-refractivity contribution is -0.126. The van der Waals surface area contributed by atoms with Crippen LogP contribution in [-0.2, 0) is 16.0 Å². The molecule has 0 unspecified atom stereocenters. The SMILES string of the molecule is NC[C@H]1CC[C@@H](C(=O)Nc2ccccc2C(=O)NCCc2ccccc2)O1. The highest BCUT2D eigenvalue weighted by Crippen LogP contribution is 2.22. The van der Waals surface area contributed by atoms with Crippen molar-refractivity contribution in [1.82, 2.24) is 5.32 Å². The predicted octanol–water partition coefficient (Wildman–Crippen LogP) is 2.10. The van der Waals surface area contributed by atoms with E-state index in [0.717, 1.165) is 18.4 Å². The molecule has 6 nitrogen and oxygen atoms in total. The van der Waals surface area contributed by atoms with Crippen LogP contribution in [0.15, 0.2) is 54.6 Å². The van der Waals surface area contributed by atoms with E-state index in [1.807, 2.05) is 30.3 Å². The zero-order valence-corrected chi connectivity index (χ0v) is 15.2. The Morgan fingerprint density at radius 3 is 2.52 bits per heavy atom. The molecule has 1 saturated heterocycles. The maximum absolute atomic E-state index is 12.5. The molecule has 0 spiro atoms. The minimum Gasteiger partial charge on any atom is -0.364 e. The molecule has 6 heteroatoms. The molecule has 2 amide bonds. The predicted molar refractivity (Wildman–Crippen MR) is 105 cm³/mol. The summed E-state index contributed by atoms with van der Waals surface area (Å²) < 4.78 is 5.62. The smallest absolute Gasteiger partial charge is 0.253 e. The van der Waals surface area contributed by atoms with Crippen LogP contribution in [0.3, 0.4) is 0 Å². The number of anilines is 1. The van der Waals surface area contributed by atoms with Crippen LogP contribution in [0.1, 0.15) is 28.8 Å². The number of carbonyl (C=O) groups excluding carboxylic acids is 2. The summed E-state index contributed by atoms with van der Waals surface area (Å²) in [6.07, 6.45) is 1.57. The topological polar surface area (TPSA) is 93.5 Å². The number of para-hydroxylation sites is 1. The Morgan fingerprint density at radius 2 is 1.78 bits per heavy atom. The first-order valence-electron chi connectivity index (χ1n) is 9.25. The van der Waals surface area contributed by atoms with Gasteiger partial charge in [-0.15, -0.1) is 0 Å². The fourth-order valence-corrected chi connectivity index (χ4v) is 3.14. The Kier molecular flexibility index (Phi) is 6.57. The van der Waals surface area contributed by atoms with Crippen LogP contribution in [0.25, 0.3) is 0 Å². The highest BCUT2D eigenvalue weighted by molar-refractivity contribution is 6.04. The number of hydrogen-bond donors (Lipinski definition) is 3. The molecule has 1 fully saturated rings. The lowest BCUT2D eigenvalue weighted by Crippen LogP contribution is -2.31. The third-order valence-corrected chi connectivity index (χ3v) is 4.63. The summed E-state index contributed by atoms with van der Waals surface area (Å²) in [6.45, 7) is 0.930. The first-order chi connectivity index (χ1) is 13.2. The van der Waals surface area contributed by atoms with Gasteiger partial charge in [0.2, 0.25) is 0 Å². The van der Waals surface area contributed by atoms with Gasteiger partial charge in [-0.25, -0.2) is 0 Å². The molecule has 1 aliphatic heterocycles. The standard InChI is InChI=1S/C21H25N3O3/c22-14-16-10-11-19(27-16)21(26)24-18-9-5-4-8-17(18)20(25)23-13-12-15-6-2-1-3-7-15/h1-9,16,19H,10-14,22H2,(H,23,25)(H,24,26)/t16-,19+/m1/s1. The van der Waals surface area contributed by atoms with Crippen molar-refractivity contribution in [3.63, 3.8) is 0 Å². The van der Waals surface area contributed by atoms with Crippen molar-refractivity contribution in [2.24, 2.45) is 5.73 Å². The molecule has 27 heavy (non-hydrogen) atoms. The van der Waals surface area contributed by atoms with E-state index in [1.54, 1.807) is 24.3 Å². The van der Waals surface area contributed by atoms with Crippen LogP contribution in [0.5, 0.6) is 0 Å². The van der Waals surface area contributed by atoms with Crippen LogP contribution >= 0.6 is 0 Å². The molecule has 4 N–H and O–H groups in total. The fraction of sp³-hybridized carbons (Fsp3) is 0.333. The summed E-state index contributed by atoms with van der Waals surface area (Å²) in [5, 5.41) is 5.73. The van der Waals surface area contributed by atoms with Gasteiger partial charge in [0.25, 0.3) is 11.8 Å². The number of amides is 2.